The highest BCUT2D eigenvalue weighted by Gasteiger charge is 2.12. The maximum Gasteiger partial charge on any atom is 0.277 e. The van der Waals surface area contributed by atoms with E-state index in [1.54, 1.807) is 30.3 Å². The molecule has 0 bridgehead atoms. The summed E-state index contributed by atoms with van der Waals surface area (Å²) in [6.07, 6.45) is 0. The van der Waals surface area contributed by atoms with Crippen LogP contribution in [0, 0.1) is 0 Å². The van der Waals surface area contributed by atoms with Crippen molar-refractivity contribution in [2.24, 2.45) is 16.0 Å². The number of halogens is 2. The number of H-pyrrole nitrogens is 1. The average molecular weight is 433 g/mol. The molecule has 3 rings (SSSR count). The number of pyridine rings is 1. The van der Waals surface area contributed by atoms with Gasteiger partial charge in [-0.05, 0) is 42.5 Å². The number of nitrogens with two attached hydrogens (primary N) is 1. The lowest BCUT2D eigenvalue weighted by Gasteiger charge is -2.15. The van der Waals surface area contributed by atoms with Crippen molar-refractivity contribution >= 4 is 69.1 Å². The Labute approximate surface area is 175 Å². The lowest BCUT2D eigenvalue weighted by molar-refractivity contribution is 1.17. The van der Waals surface area contributed by atoms with Crippen LogP contribution in [0.5, 0.6) is 0 Å². The molecule has 0 saturated heterocycles. The summed E-state index contributed by atoms with van der Waals surface area (Å²) in [6.45, 7) is 0. The maximum absolute atomic E-state index is 12.4. The molecule has 5 N–H and O–H groups in total. The monoisotopic (exact) mass is 432 g/mol. The van der Waals surface area contributed by atoms with Crippen LogP contribution in [0.2, 0.25) is 10.0 Å². The molecule has 0 spiro atoms. The number of thiocarbonyl (C=S) groups is 1. The van der Waals surface area contributed by atoms with Crippen molar-refractivity contribution in [2.75, 3.05) is 10.6 Å². The Hall–Kier alpha value is -2.94. The fourth-order valence-electron chi connectivity index (χ4n) is 2.30. The number of aromatic nitrogens is 1. The number of nitrogens with zero attached hydrogens (tertiary/aromatic N) is 2. The smallest absolute Gasteiger partial charge is 0.277 e. The Morgan fingerprint density at radius 1 is 0.964 bits per heavy atom. The van der Waals surface area contributed by atoms with E-state index in [4.69, 9.17) is 28.9 Å². The zero-order valence-electron chi connectivity index (χ0n) is 14.2. The number of nitrogens with one attached hydrogen (secondary N) is 3. The zero-order chi connectivity index (χ0) is 20.1. The van der Waals surface area contributed by atoms with Crippen molar-refractivity contribution in [3.8, 4) is 0 Å². The Kier molecular flexibility index (Phi) is 6.25. The molecule has 0 atom stereocenters. The second-order valence-electron chi connectivity index (χ2n) is 5.52. The van der Waals surface area contributed by atoms with Gasteiger partial charge in [-0.1, -0.05) is 47.5 Å². The van der Waals surface area contributed by atoms with Crippen LogP contribution < -0.4 is 21.9 Å². The van der Waals surface area contributed by atoms with E-state index in [9.17, 15) is 4.79 Å². The van der Waals surface area contributed by atoms with E-state index < -0.39 is 5.56 Å². The van der Waals surface area contributed by atoms with Gasteiger partial charge in [-0.25, -0.2) is 0 Å². The number of azo groups is 1. The molecule has 0 unspecified atom stereocenters. The first kappa shape index (κ1) is 19.8. The third kappa shape index (κ3) is 4.86. The highest BCUT2D eigenvalue weighted by Crippen LogP contribution is 2.33. The molecule has 3 aromatic rings. The van der Waals surface area contributed by atoms with Gasteiger partial charge in [-0.3, -0.25) is 4.79 Å². The van der Waals surface area contributed by atoms with Gasteiger partial charge in [-0.15, -0.1) is 10.2 Å². The first-order valence-electron chi connectivity index (χ1n) is 7.95. The number of anilines is 4. The second kappa shape index (κ2) is 8.83. The third-order valence-corrected chi connectivity index (χ3v) is 4.30. The summed E-state index contributed by atoms with van der Waals surface area (Å²) in [5, 5.41) is 14.4. The van der Waals surface area contributed by atoms with Gasteiger partial charge < -0.3 is 21.4 Å². The highest BCUT2D eigenvalue weighted by molar-refractivity contribution is 7.80. The maximum atomic E-state index is 12.4. The van der Waals surface area contributed by atoms with Gasteiger partial charge in [-0.2, -0.15) is 0 Å². The fourth-order valence-corrected chi connectivity index (χ4v) is 2.71. The van der Waals surface area contributed by atoms with Gasteiger partial charge in [0.15, 0.2) is 5.69 Å². The van der Waals surface area contributed by atoms with E-state index in [1.807, 2.05) is 18.2 Å². The molecule has 1 aromatic heterocycles. The van der Waals surface area contributed by atoms with E-state index >= 15 is 0 Å². The lowest BCUT2D eigenvalue weighted by Crippen LogP contribution is -2.11. The van der Waals surface area contributed by atoms with Gasteiger partial charge in [0, 0.05) is 0 Å². The van der Waals surface area contributed by atoms with Crippen LogP contribution in [0.15, 0.2) is 69.6 Å². The summed E-state index contributed by atoms with van der Waals surface area (Å²) in [5.41, 5.74) is 6.59. The van der Waals surface area contributed by atoms with Crippen molar-refractivity contribution in [3.05, 3.63) is 75.0 Å². The summed E-state index contributed by atoms with van der Waals surface area (Å²) >= 11 is 17.1. The summed E-state index contributed by atoms with van der Waals surface area (Å²) < 4.78 is 0. The first-order valence-corrected chi connectivity index (χ1v) is 9.12. The number of benzene rings is 2. The predicted molar refractivity (Wildman–Crippen MR) is 118 cm³/mol. The van der Waals surface area contributed by atoms with Crippen LogP contribution in [-0.4, -0.2) is 10.1 Å². The molecule has 0 aliphatic carbocycles. The molecule has 0 fully saturated rings. The minimum atomic E-state index is -0.487. The topological polar surface area (TPSA) is 108 Å². The van der Waals surface area contributed by atoms with Crippen LogP contribution >= 0.6 is 35.4 Å². The Morgan fingerprint density at radius 2 is 1.54 bits per heavy atom. The van der Waals surface area contributed by atoms with Crippen molar-refractivity contribution in [3.63, 3.8) is 0 Å². The van der Waals surface area contributed by atoms with Crippen LogP contribution in [0.1, 0.15) is 0 Å². The molecule has 0 aliphatic rings. The lowest BCUT2D eigenvalue weighted by atomic mass is 10.2. The van der Waals surface area contributed by atoms with Crippen LogP contribution in [-0.2, 0) is 0 Å². The van der Waals surface area contributed by atoms with Gasteiger partial charge in [0.05, 0.1) is 27.1 Å². The normalized spacial score (nSPS) is 10.8. The number of hydrogen-bond acceptors (Lipinski definition) is 5. The molecule has 2 aromatic carbocycles. The molecule has 0 amide bonds. The van der Waals surface area contributed by atoms with Crippen molar-refractivity contribution in [2.45, 2.75) is 0 Å². The number of rotatable bonds is 5. The molecule has 28 heavy (non-hydrogen) atoms. The van der Waals surface area contributed by atoms with E-state index in [0.29, 0.717) is 32.9 Å². The van der Waals surface area contributed by atoms with Crippen molar-refractivity contribution in [1.82, 2.24) is 4.98 Å². The summed E-state index contributed by atoms with van der Waals surface area (Å²) in [5.74, 6) is 0.368. The summed E-state index contributed by atoms with van der Waals surface area (Å²) in [4.78, 5) is 15.1. The molecule has 7 nitrogen and oxygen atoms in total. The Bertz CT molecular complexity index is 1120. The van der Waals surface area contributed by atoms with Crippen LogP contribution in [0.4, 0.5) is 28.6 Å². The van der Waals surface area contributed by atoms with Gasteiger partial charge in [0.25, 0.3) is 5.56 Å². The van der Waals surface area contributed by atoms with Crippen LogP contribution in [0.3, 0.4) is 0 Å². The van der Waals surface area contributed by atoms with Gasteiger partial charge >= 0.3 is 0 Å². The minimum Gasteiger partial charge on any atom is -0.373 e. The van der Waals surface area contributed by atoms with Crippen molar-refractivity contribution in [1.29, 1.82) is 0 Å². The van der Waals surface area contributed by atoms with E-state index in [1.165, 1.54) is 6.07 Å². The minimum absolute atomic E-state index is 0.0204. The Balaban J connectivity index is 2.07. The van der Waals surface area contributed by atoms with E-state index in [0.717, 1.165) is 0 Å². The SMILES string of the molecule is NC(=S)N=Nc1cc(Nc2ccccc2Cl)c(Nc2ccccc2Cl)[nH]c1=O. The van der Waals surface area contributed by atoms with Crippen LogP contribution in [0.25, 0.3) is 0 Å². The fraction of sp³-hybridized carbons (Fsp3) is 0. The molecule has 1 heterocycles. The molecule has 0 radical (unpaired) electrons. The molecule has 142 valence electrons. The molecular weight excluding hydrogens is 419 g/mol. The summed E-state index contributed by atoms with van der Waals surface area (Å²) in [6, 6.07) is 15.8. The first-order chi connectivity index (χ1) is 13.4. The number of para-hydroxylation sites is 2. The molecule has 0 aliphatic heterocycles. The predicted octanol–water partition coefficient (Wildman–Crippen LogP) is 5.50. The van der Waals surface area contributed by atoms with Crippen molar-refractivity contribution < 1.29 is 0 Å². The number of aromatic amines is 1. The number of hydrogen-bond donors (Lipinski definition) is 4. The van der Waals surface area contributed by atoms with E-state index in [2.05, 4.69) is 38.1 Å². The highest BCUT2D eigenvalue weighted by atomic mass is 35.5. The average Bonchev–Trinajstić information content (AvgIpc) is 2.66. The zero-order valence-corrected chi connectivity index (χ0v) is 16.6. The third-order valence-electron chi connectivity index (χ3n) is 3.55. The molecule has 0 saturated carbocycles. The molecular formula is C18H14Cl2N6OS. The quantitative estimate of drug-likeness (QED) is 0.314. The summed E-state index contributed by atoms with van der Waals surface area (Å²) in [7, 11) is 0. The van der Waals surface area contributed by atoms with E-state index in [-0.39, 0.29) is 10.8 Å². The molecule has 10 heteroatoms. The Morgan fingerprint density at radius 3 is 2.11 bits per heavy atom. The standard InChI is InChI=1S/C18H14Cl2N6OS/c19-10-5-1-3-7-12(10)22-14-9-15(25-26-18(21)28)17(27)24-16(14)23-13-8-4-2-6-11(13)20/h1-9,22H,(H2,21,28)(H2,23,24,27). The van der Waals surface area contributed by atoms with Gasteiger partial charge in [0.2, 0.25) is 5.11 Å². The van der Waals surface area contributed by atoms with Gasteiger partial charge in [0.1, 0.15) is 5.82 Å². The largest absolute Gasteiger partial charge is 0.373 e. The second-order valence-corrected chi connectivity index (χ2v) is 6.75.